The fraction of sp³-hybridized carbons (Fsp3) is 0.171. The zero-order chi connectivity index (χ0) is 31.6. The first kappa shape index (κ1) is 33.2. The second-order valence-corrected chi connectivity index (χ2v) is 18.5. The number of hydrogen-bond donors (Lipinski definition) is 0. The van der Waals surface area contributed by atoms with Crippen molar-refractivity contribution in [3.8, 4) is 33.6 Å². The topological polar surface area (TPSA) is 38.9 Å². The van der Waals surface area contributed by atoms with Gasteiger partial charge in [0.05, 0.1) is 13.7 Å². The Balaban J connectivity index is 0.000000209. The second kappa shape index (κ2) is 13.7. The monoisotopic (exact) mass is 795 g/mol. The van der Waals surface area contributed by atoms with E-state index in [4.69, 9.17) is 4.42 Å². The van der Waals surface area contributed by atoms with Crippen molar-refractivity contribution in [1.29, 1.82) is 0 Å². The standard InChI is InChI=1S/C27H22NO.C14H16NSi.Ir/c1-27(2,3)19-15-16-28-23(17-19)21-12-7-13-22-25-20(18-9-5-4-6-10-18)11-8-14-24(25)29-26(21)22;1-16(2,3)13-9-10-14(15-11-13)12-7-5-4-6-8-12;/h4-11,13-17H,1-3H3;4-7,9-11H,1-3H3;/q2*-1;. The fourth-order valence-corrected chi connectivity index (χ4v) is 6.46. The Bertz CT molecular complexity index is 2060. The summed E-state index contributed by atoms with van der Waals surface area (Å²) in [5.74, 6) is 0. The van der Waals surface area contributed by atoms with Crippen LogP contribution in [0.1, 0.15) is 26.3 Å². The molecule has 7 rings (SSSR count). The van der Waals surface area contributed by atoms with Crippen LogP contribution >= 0.6 is 0 Å². The van der Waals surface area contributed by atoms with Crippen LogP contribution in [-0.2, 0) is 25.5 Å². The number of hydrogen-bond acceptors (Lipinski definition) is 3. The van der Waals surface area contributed by atoms with Gasteiger partial charge < -0.3 is 14.4 Å². The van der Waals surface area contributed by atoms with Crippen LogP contribution in [-0.4, -0.2) is 18.0 Å². The van der Waals surface area contributed by atoms with Crippen molar-refractivity contribution < 1.29 is 24.5 Å². The summed E-state index contributed by atoms with van der Waals surface area (Å²) >= 11 is 0. The Hall–Kier alpha value is -4.15. The summed E-state index contributed by atoms with van der Waals surface area (Å²) < 4.78 is 6.35. The van der Waals surface area contributed by atoms with Crippen molar-refractivity contribution in [2.24, 2.45) is 0 Å². The van der Waals surface area contributed by atoms with E-state index in [-0.39, 0.29) is 25.5 Å². The summed E-state index contributed by atoms with van der Waals surface area (Å²) in [6, 6.07) is 43.8. The van der Waals surface area contributed by atoms with E-state index in [0.717, 1.165) is 44.5 Å². The number of fused-ring (bicyclic) bond motifs is 3. The van der Waals surface area contributed by atoms with Crippen LogP contribution in [0, 0.1) is 12.1 Å². The number of benzene rings is 4. The first-order valence-corrected chi connectivity index (χ1v) is 18.9. The molecule has 3 nitrogen and oxygen atoms in total. The summed E-state index contributed by atoms with van der Waals surface area (Å²) in [6.07, 6.45) is 3.89. The van der Waals surface area contributed by atoms with Gasteiger partial charge in [0.2, 0.25) is 0 Å². The van der Waals surface area contributed by atoms with Crippen molar-refractivity contribution in [1.82, 2.24) is 9.97 Å². The minimum atomic E-state index is -1.23. The zero-order valence-corrected chi connectivity index (χ0v) is 30.6. The Morgan fingerprint density at radius 1 is 0.717 bits per heavy atom. The van der Waals surface area contributed by atoms with Crippen molar-refractivity contribution in [3.05, 3.63) is 139 Å². The van der Waals surface area contributed by atoms with Crippen LogP contribution in [0.5, 0.6) is 0 Å². The Labute approximate surface area is 287 Å². The van der Waals surface area contributed by atoms with E-state index < -0.39 is 8.07 Å². The molecule has 0 aliphatic heterocycles. The first-order chi connectivity index (χ1) is 21.6. The van der Waals surface area contributed by atoms with Gasteiger partial charge >= 0.3 is 0 Å². The normalized spacial score (nSPS) is 11.5. The molecule has 0 N–H and O–H groups in total. The van der Waals surface area contributed by atoms with E-state index in [1.165, 1.54) is 21.9 Å². The molecule has 4 aromatic carbocycles. The molecule has 233 valence electrons. The molecule has 0 saturated heterocycles. The number of aromatic nitrogens is 2. The smallest absolute Gasteiger partial charge is 0.121 e. The Kier molecular flexibility index (Phi) is 9.88. The zero-order valence-electron chi connectivity index (χ0n) is 27.2. The van der Waals surface area contributed by atoms with E-state index in [0.29, 0.717) is 0 Å². The number of pyridine rings is 2. The van der Waals surface area contributed by atoms with Crippen molar-refractivity contribution in [3.63, 3.8) is 0 Å². The molecule has 0 amide bonds. The maximum Gasteiger partial charge on any atom is 0.121 e. The summed E-state index contributed by atoms with van der Waals surface area (Å²) in [7, 11) is -1.23. The second-order valence-electron chi connectivity index (χ2n) is 13.4. The molecule has 0 bridgehead atoms. The first-order valence-electron chi connectivity index (χ1n) is 15.4. The molecule has 1 radical (unpaired) electrons. The summed E-state index contributed by atoms with van der Waals surface area (Å²) in [6.45, 7) is 13.6. The van der Waals surface area contributed by atoms with Crippen molar-refractivity contribution >= 4 is 35.2 Å². The molecule has 46 heavy (non-hydrogen) atoms. The molecule has 0 unspecified atom stereocenters. The van der Waals surface area contributed by atoms with E-state index >= 15 is 0 Å². The van der Waals surface area contributed by atoms with Crippen LogP contribution < -0.4 is 5.19 Å². The van der Waals surface area contributed by atoms with Crippen molar-refractivity contribution in [2.75, 3.05) is 0 Å². The van der Waals surface area contributed by atoms with Gasteiger partial charge in [0.1, 0.15) is 5.58 Å². The minimum absolute atomic E-state index is 0. The van der Waals surface area contributed by atoms with Crippen LogP contribution in [0.3, 0.4) is 0 Å². The molecule has 3 aromatic heterocycles. The van der Waals surface area contributed by atoms with E-state index in [9.17, 15) is 0 Å². The van der Waals surface area contributed by atoms with Crippen LogP contribution in [0.2, 0.25) is 19.6 Å². The predicted molar refractivity (Wildman–Crippen MR) is 191 cm³/mol. The molecule has 7 aromatic rings. The van der Waals surface area contributed by atoms with E-state index in [2.05, 4.69) is 129 Å². The molecule has 0 spiro atoms. The summed E-state index contributed by atoms with van der Waals surface area (Å²) in [5, 5.41) is 3.62. The summed E-state index contributed by atoms with van der Waals surface area (Å²) in [4.78, 5) is 9.15. The van der Waals surface area contributed by atoms with Gasteiger partial charge in [-0.2, -0.15) is 0 Å². The Morgan fingerprint density at radius 3 is 2.17 bits per heavy atom. The van der Waals surface area contributed by atoms with Crippen LogP contribution in [0.4, 0.5) is 0 Å². The largest absolute Gasteiger partial charge is 0.501 e. The number of rotatable bonds is 4. The molecular formula is C41H38IrN2OSi-2. The van der Waals surface area contributed by atoms with Gasteiger partial charge in [-0.25, -0.2) is 0 Å². The molecule has 5 heteroatoms. The van der Waals surface area contributed by atoms with Gasteiger partial charge in [-0.05, 0) is 50.8 Å². The van der Waals surface area contributed by atoms with Crippen LogP contribution in [0.25, 0.3) is 55.6 Å². The Morgan fingerprint density at radius 2 is 1.50 bits per heavy atom. The maximum absolute atomic E-state index is 6.35. The molecule has 0 atom stereocenters. The van der Waals surface area contributed by atoms with E-state index in [1.54, 1.807) is 0 Å². The molecular weight excluding hydrogens is 757 g/mol. The third-order valence-electron chi connectivity index (χ3n) is 8.04. The average molecular weight is 795 g/mol. The number of furan rings is 1. The van der Waals surface area contributed by atoms with Gasteiger partial charge in [-0.3, -0.25) is 0 Å². The average Bonchev–Trinajstić information content (AvgIpc) is 3.44. The number of nitrogens with zero attached hydrogens (tertiary/aromatic N) is 2. The minimum Gasteiger partial charge on any atom is -0.501 e. The third-order valence-corrected chi connectivity index (χ3v) is 10.1. The van der Waals surface area contributed by atoms with Crippen LogP contribution in [0.15, 0.2) is 126 Å². The molecule has 0 aliphatic carbocycles. The molecule has 3 heterocycles. The SMILES string of the molecule is CC(C)(C)c1ccnc(-c2[c-]ccc3c2oc2cccc(-c4ccccc4)c23)c1.C[Si](C)(C)c1ccc(-c2[c-]cccc2)nc1.[Ir]. The van der Waals surface area contributed by atoms with Gasteiger partial charge in [-0.1, -0.05) is 112 Å². The quantitative estimate of drug-likeness (QED) is 0.132. The van der Waals surface area contributed by atoms with E-state index in [1.807, 2.05) is 54.9 Å². The third kappa shape index (κ3) is 7.13. The van der Waals surface area contributed by atoms with Gasteiger partial charge in [0.15, 0.2) is 0 Å². The molecule has 0 aliphatic rings. The van der Waals surface area contributed by atoms with Gasteiger partial charge in [-0.15, -0.1) is 54.1 Å². The van der Waals surface area contributed by atoms with Gasteiger partial charge in [0, 0.05) is 37.9 Å². The predicted octanol–water partition coefficient (Wildman–Crippen LogP) is 10.5. The summed E-state index contributed by atoms with van der Waals surface area (Å²) in [5.41, 5.74) is 9.24. The molecule has 0 saturated carbocycles. The molecule has 0 fully saturated rings. The fourth-order valence-electron chi connectivity index (χ4n) is 5.42. The van der Waals surface area contributed by atoms with Gasteiger partial charge in [0.25, 0.3) is 0 Å². The maximum atomic E-state index is 6.35. The van der Waals surface area contributed by atoms with Crippen molar-refractivity contribution in [2.45, 2.75) is 45.8 Å².